The maximum atomic E-state index is 12.0. The van der Waals surface area contributed by atoms with Crippen LogP contribution in [0.3, 0.4) is 0 Å². The van der Waals surface area contributed by atoms with E-state index < -0.39 is 0 Å². The Balaban J connectivity index is 0.000000192. The second-order valence-electron chi connectivity index (χ2n) is 7.81. The van der Waals surface area contributed by atoms with Crippen LogP contribution < -0.4 is 15.6 Å². The number of rotatable bonds is 4. The molecule has 3 heterocycles. The van der Waals surface area contributed by atoms with Crippen LogP contribution in [0.2, 0.25) is 0 Å². The molecule has 0 saturated carbocycles. The number of fused-ring (bicyclic) bond motifs is 2. The van der Waals surface area contributed by atoms with Gasteiger partial charge in [0.1, 0.15) is 22.6 Å². The van der Waals surface area contributed by atoms with Crippen LogP contribution in [0.5, 0.6) is 5.75 Å². The number of anilines is 1. The molecule has 0 bridgehead atoms. The van der Waals surface area contributed by atoms with Gasteiger partial charge in [-0.1, -0.05) is 17.7 Å². The van der Waals surface area contributed by atoms with Crippen molar-refractivity contribution in [1.82, 2.24) is 35.0 Å². The number of amides is 1. The molecule has 0 aliphatic carbocycles. The molecule has 0 saturated heterocycles. The van der Waals surface area contributed by atoms with Crippen molar-refractivity contribution in [1.29, 1.82) is 0 Å². The van der Waals surface area contributed by atoms with Gasteiger partial charge in [-0.05, 0) is 57.5 Å². The Morgan fingerprint density at radius 1 is 1.00 bits per heavy atom. The summed E-state index contributed by atoms with van der Waals surface area (Å²) in [4.78, 5) is 31.3. The van der Waals surface area contributed by atoms with Crippen LogP contribution in [-0.4, -0.2) is 47.5 Å². The van der Waals surface area contributed by atoms with Gasteiger partial charge in [0.25, 0.3) is 17.2 Å². The fourth-order valence-corrected chi connectivity index (χ4v) is 3.32. The number of aromatic amines is 2. The Bertz CT molecular complexity index is 1530. The summed E-state index contributed by atoms with van der Waals surface area (Å²) in [7, 11) is 0. The standard InChI is InChI=1S/C16H16N4O2.C7H8N4O/c1-10-3-6-15(11(2)7-10)22-9-16(21)17-12-4-5-13-14(8-12)19-20-18-13;1-4-3-6(12)11-7(8-4)9-5(2)10-11/h3-8H,9H2,1-2H3,(H,17,21)(H,18,19,20);3H,1-2H3,(H,8,9,10). The van der Waals surface area contributed by atoms with Gasteiger partial charge in [0.05, 0.1) is 0 Å². The predicted molar refractivity (Wildman–Crippen MR) is 127 cm³/mol. The van der Waals surface area contributed by atoms with Gasteiger partial charge in [0.15, 0.2) is 6.61 Å². The molecule has 5 rings (SSSR count). The van der Waals surface area contributed by atoms with Crippen LogP contribution in [0.15, 0.2) is 47.3 Å². The molecule has 3 N–H and O–H groups in total. The molecule has 1 amide bonds. The van der Waals surface area contributed by atoms with E-state index in [-0.39, 0.29) is 18.1 Å². The summed E-state index contributed by atoms with van der Waals surface area (Å²) in [5.74, 6) is 1.61. The number of hydrogen-bond donors (Lipinski definition) is 3. The molecule has 11 heteroatoms. The van der Waals surface area contributed by atoms with Crippen molar-refractivity contribution in [2.75, 3.05) is 11.9 Å². The molecule has 5 aromatic rings. The highest BCUT2D eigenvalue weighted by Crippen LogP contribution is 2.19. The summed E-state index contributed by atoms with van der Waals surface area (Å²) in [5, 5.41) is 16.0. The molecule has 0 aliphatic heterocycles. The van der Waals surface area contributed by atoms with Gasteiger partial charge in [-0.2, -0.15) is 24.9 Å². The van der Waals surface area contributed by atoms with Gasteiger partial charge in [0, 0.05) is 17.4 Å². The molecule has 2 aromatic carbocycles. The molecular weight excluding hydrogens is 436 g/mol. The number of nitrogens with one attached hydrogen (secondary N) is 3. The average molecular weight is 460 g/mol. The lowest BCUT2D eigenvalue weighted by Gasteiger charge is -2.10. The molecule has 0 fully saturated rings. The summed E-state index contributed by atoms with van der Waals surface area (Å²) < 4.78 is 6.87. The molecule has 0 radical (unpaired) electrons. The van der Waals surface area contributed by atoms with Crippen molar-refractivity contribution >= 4 is 28.4 Å². The monoisotopic (exact) mass is 460 g/mol. The van der Waals surface area contributed by atoms with Gasteiger partial charge in [-0.25, -0.2) is 4.98 Å². The van der Waals surface area contributed by atoms with E-state index in [0.717, 1.165) is 16.6 Å². The summed E-state index contributed by atoms with van der Waals surface area (Å²) in [5.41, 5.74) is 4.85. The van der Waals surface area contributed by atoms with Gasteiger partial charge < -0.3 is 10.1 Å². The Kier molecular flexibility index (Phi) is 6.35. The average Bonchev–Trinajstić information content (AvgIpc) is 3.39. The number of carbonyl (C=O) groups is 1. The van der Waals surface area contributed by atoms with Crippen LogP contribution in [0.25, 0.3) is 16.8 Å². The molecule has 11 nitrogen and oxygen atoms in total. The van der Waals surface area contributed by atoms with Crippen molar-refractivity contribution in [3.05, 3.63) is 75.5 Å². The Labute approximate surface area is 194 Å². The number of aromatic nitrogens is 7. The van der Waals surface area contributed by atoms with E-state index in [4.69, 9.17) is 4.74 Å². The molecule has 0 atom stereocenters. The molecule has 34 heavy (non-hydrogen) atoms. The van der Waals surface area contributed by atoms with Crippen LogP contribution in [0.1, 0.15) is 22.6 Å². The van der Waals surface area contributed by atoms with Gasteiger partial charge in [-0.15, -0.1) is 0 Å². The smallest absolute Gasteiger partial charge is 0.274 e. The van der Waals surface area contributed by atoms with Gasteiger partial charge >= 0.3 is 0 Å². The summed E-state index contributed by atoms with van der Waals surface area (Å²) >= 11 is 0. The second kappa shape index (κ2) is 9.53. The summed E-state index contributed by atoms with van der Waals surface area (Å²) in [6.45, 7) is 7.48. The van der Waals surface area contributed by atoms with Gasteiger partial charge in [0.2, 0.25) is 0 Å². The minimum absolute atomic E-state index is 0.0409. The van der Waals surface area contributed by atoms with Crippen molar-refractivity contribution in [3.63, 3.8) is 0 Å². The highest BCUT2D eigenvalue weighted by atomic mass is 16.5. The first-order chi connectivity index (χ1) is 16.3. The quantitative estimate of drug-likeness (QED) is 0.374. The zero-order chi connectivity index (χ0) is 24.2. The van der Waals surface area contributed by atoms with E-state index in [0.29, 0.717) is 34.2 Å². The van der Waals surface area contributed by atoms with Crippen LogP contribution in [0.4, 0.5) is 5.69 Å². The Morgan fingerprint density at radius 2 is 1.79 bits per heavy atom. The van der Waals surface area contributed by atoms with E-state index in [1.165, 1.54) is 10.6 Å². The maximum Gasteiger partial charge on any atom is 0.274 e. The van der Waals surface area contributed by atoms with E-state index >= 15 is 0 Å². The minimum atomic E-state index is -0.220. The first-order valence-corrected chi connectivity index (χ1v) is 10.5. The minimum Gasteiger partial charge on any atom is -0.483 e. The highest BCUT2D eigenvalue weighted by molar-refractivity contribution is 5.93. The van der Waals surface area contributed by atoms with Crippen LogP contribution in [-0.2, 0) is 4.79 Å². The lowest BCUT2D eigenvalue weighted by molar-refractivity contribution is -0.118. The molecule has 174 valence electrons. The number of hydrogen-bond acceptors (Lipinski definition) is 7. The number of H-pyrrole nitrogens is 2. The SMILES string of the molecule is Cc1cc(=O)n2[nH]c(C)nc2n1.Cc1ccc(OCC(=O)Nc2ccc3n[nH]nc3c2)c(C)c1. The van der Waals surface area contributed by atoms with E-state index in [9.17, 15) is 9.59 Å². The molecule has 0 unspecified atom stereocenters. The fourth-order valence-electron chi connectivity index (χ4n) is 3.32. The highest BCUT2D eigenvalue weighted by Gasteiger charge is 2.07. The third-order valence-electron chi connectivity index (χ3n) is 4.86. The van der Waals surface area contributed by atoms with Gasteiger partial charge in [-0.3, -0.25) is 14.7 Å². The first kappa shape index (κ1) is 22.6. The van der Waals surface area contributed by atoms with Crippen LogP contribution >= 0.6 is 0 Å². The van der Waals surface area contributed by atoms with Crippen molar-refractivity contribution < 1.29 is 9.53 Å². The van der Waals surface area contributed by atoms with Crippen LogP contribution in [0, 0.1) is 27.7 Å². The zero-order valence-corrected chi connectivity index (χ0v) is 19.2. The second-order valence-corrected chi connectivity index (χ2v) is 7.81. The maximum absolute atomic E-state index is 12.0. The number of ether oxygens (including phenoxy) is 1. The number of benzene rings is 2. The number of nitrogens with zero attached hydrogens (tertiary/aromatic N) is 5. The third kappa shape index (κ3) is 5.26. The fraction of sp³-hybridized carbons (Fsp3) is 0.217. The first-order valence-electron chi connectivity index (χ1n) is 10.5. The van der Waals surface area contributed by atoms with E-state index in [2.05, 4.69) is 35.8 Å². The van der Waals surface area contributed by atoms with E-state index in [1.54, 1.807) is 32.0 Å². The largest absolute Gasteiger partial charge is 0.483 e. The lowest BCUT2D eigenvalue weighted by atomic mass is 10.1. The Morgan fingerprint density at radius 3 is 2.59 bits per heavy atom. The van der Waals surface area contributed by atoms with Crippen molar-refractivity contribution in [2.24, 2.45) is 0 Å². The lowest BCUT2D eigenvalue weighted by Crippen LogP contribution is -2.20. The van der Waals surface area contributed by atoms with E-state index in [1.807, 2.05) is 32.0 Å². The topological polar surface area (TPSA) is 143 Å². The molecular formula is C23H24N8O3. The summed E-state index contributed by atoms with van der Waals surface area (Å²) in [6.07, 6.45) is 0. The zero-order valence-electron chi connectivity index (χ0n) is 19.2. The molecule has 3 aromatic heterocycles. The van der Waals surface area contributed by atoms with Crippen molar-refractivity contribution in [3.8, 4) is 5.75 Å². The normalized spacial score (nSPS) is 10.7. The number of carbonyl (C=O) groups excluding carboxylic acids is 1. The predicted octanol–water partition coefficient (Wildman–Crippen LogP) is 2.63. The van der Waals surface area contributed by atoms with Crippen molar-refractivity contribution in [2.45, 2.75) is 27.7 Å². The summed E-state index contributed by atoms with van der Waals surface area (Å²) in [6, 6.07) is 12.6. The number of aryl methyl sites for hydroxylation is 4. The third-order valence-corrected chi connectivity index (χ3v) is 4.86. The molecule has 0 aliphatic rings. The Hall–Kier alpha value is -4.54. The molecule has 0 spiro atoms.